The monoisotopic (exact) mass is 553 g/mol. The number of fused-ring (bicyclic) bond motifs is 2. The first-order valence-corrected chi connectivity index (χ1v) is 11.0. The van der Waals surface area contributed by atoms with Crippen LogP contribution in [0, 0.1) is 5.92 Å². The Morgan fingerprint density at radius 3 is 2.68 bits per heavy atom. The fourth-order valence-electron chi connectivity index (χ4n) is 5.87. The molecular formula is C16H25N8O12S+. The fraction of sp³-hybridized carbons (Fsp3) is 0.750. The molecule has 0 aromatic carbocycles. The minimum atomic E-state index is -3.04. The molecule has 3 bridgehead atoms. The summed E-state index contributed by atoms with van der Waals surface area (Å²) in [6, 6.07) is -3.73. The number of carbonyl (C=O) groups is 2. The normalized spacial score (nSPS) is 36.9. The van der Waals surface area contributed by atoms with Crippen LogP contribution < -0.4 is 32.8 Å². The van der Waals surface area contributed by atoms with E-state index in [1.54, 1.807) is 0 Å². The Morgan fingerprint density at radius 1 is 1.35 bits per heavy atom. The van der Waals surface area contributed by atoms with Gasteiger partial charge in [-0.15, -0.1) is 0 Å². The van der Waals surface area contributed by atoms with Crippen LogP contribution in [0.25, 0.3) is 0 Å². The maximum atomic E-state index is 13.7. The summed E-state index contributed by atoms with van der Waals surface area (Å²) in [5, 5.41) is 63.5. The maximum absolute atomic E-state index is 13.7. The molecule has 0 aromatic heterocycles. The van der Waals surface area contributed by atoms with Crippen LogP contribution in [0.2, 0.25) is 0 Å². The second kappa shape index (κ2) is 9.38. The van der Waals surface area contributed by atoms with Gasteiger partial charge < -0.3 is 25.3 Å². The summed E-state index contributed by atoms with van der Waals surface area (Å²) in [5.74, 6) is -4.90. The average molecular weight is 553 g/mol. The lowest BCUT2D eigenvalue weighted by atomic mass is 9.78. The van der Waals surface area contributed by atoms with E-state index < -0.39 is 79.4 Å². The third-order valence-electron chi connectivity index (χ3n) is 7.46. The Morgan fingerprint density at radius 2 is 2.05 bits per heavy atom. The zero-order valence-electron chi connectivity index (χ0n) is 18.8. The predicted molar refractivity (Wildman–Crippen MR) is 109 cm³/mol. The zero-order valence-corrected chi connectivity index (χ0v) is 19.6. The van der Waals surface area contributed by atoms with Crippen LogP contribution in [-0.4, -0.2) is 125 Å². The Hall–Kier alpha value is -3.02. The minimum absolute atomic E-state index is 0.0907. The molecule has 5 rings (SSSR count). The number of hydrogen-bond acceptors (Lipinski definition) is 17. The van der Waals surface area contributed by atoms with Crippen molar-refractivity contribution in [3.05, 3.63) is 0 Å². The van der Waals surface area contributed by atoms with Gasteiger partial charge in [-0.2, -0.15) is 4.21 Å². The molecule has 3 fully saturated rings. The minimum Gasteiger partial charge on any atom is -0.692 e. The Bertz CT molecular complexity index is 1050. The molecule has 1 unspecified atom stereocenters. The summed E-state index contributed by atoms with van der Waals surface area (Å²) < 4.78 is 15.1. The van der Waals surface area contributed by atoms with Gasteiger partial charge in [0.05, 0.1) is 19.3 Å². The van der Waals surface area contributed by atoms with E-state index in [-0.39, 0.29) is 18.5 Å². The van der Waals surface area contributed by atoms with Gasteiger partial charge in [-0.1, -0.05) is 0 Å². The van der Waals surface area contributed by atoms with E-state index in [1.165, 1.54) is 10.1 Å². The van der Waals surface area contributed by atoms with Crippen molar-refractivity contribution in [3.63, 3.8) is 0 Å². The average Bonchev–Trinajstić information content (AvgIpc) is 3.48. The van der Waals surface area contributed by atoms with Crippen molar-refractivity contribution in [3.8, 4) is 0 Å². The van der Waals surface area contributed by atoms with Crippen LogP contribution in [0.15, 0.2) is 0 Å². The first-order chi connectivity index (χ1) is 17.6. The third kappa shape index (κ3) is 3.44. The molecule has 0 aromatic rings. The van der Waals surface area contributed by atoms with Crippen LogP contribution in [-0.2, 0) is 36.8 Å². The molecule has 1 spiro atoms. The molecule has 5 heterocycles. The Kier molecular flexibility index (Phi) is 6.85. The van der Waals surface area contributed by atoms with Crippen molar-refractivity contribution < 1.29 is 68.2 Å². The molecule has 0 radical (unpaired) electrons. The number of nitrogens with two attached hydrogens (primary N) is 2. The topological polar surface area (TPSA) is 289 Å². The molecule has 2 amide bonds. The van der Waals surface area contributed by atoms with E-state index in [2.05, 4.69) is 28.2 Å². The van der Waals surface area contributed by atoms with E-state index in [0.717, 1.165) is 9.64 Å². The summed E-state index contributed by atoms with van der Waals surface area (Å²) in [5.41, 5.74) is 9.19. The number of nitrogens with one attached hydrogen (secondary N) is 3. The van der Waals surface area contributed by atoms with Gasteiger partial charge in [0.25, 0.3) is 11.7 Å². The number of guanidine groups is 2. The van der Waals surface area contributed by atoms with Crippen LogP contribution in [0.5, 0.6) is 0 Å². The summed E-state index contributed by atoms with van der Waals surface area (Å²) >= 11 is 2.83. The van der Waals surface area contributed by atoms with Gasteiger partial charge in [0, 0.05) is 12.3 Å². The summed E-state index contributed by atoms with van der Waals surface area (Å²) in [6.07, 6.45) is -1.68. The first-order valence-electron chi connectivity index (χ1n) is 10.6. The molecule has 0 saturated carbocycles. The first kappa shape index (κ1) is 27.0. The van der Waals surface area contributed by atoms with Crippen molar-refractivity contribution in [2.45, 2.75) is 41.6 Å². The Balaban J connectivity index is 0.00000156. The second-order valence-electron chi connectivity index (χ2n) is 8.95. The number of carbonyl (C=O) groups excluding carboxylic acids is 2. The molecule has 20 nitrogen and oxygen atoms in total. The molecule has 37 heavy (non-hydrogen) atoms. The Labute approximate surface area is 211 Å². The number of amides is 2. The highest BCUT2D eigenvalue weighted by molar-refractivity contribution is 7.44. The second-order valence-corrected chi connectivity index (χ2v) is 8.95. The third-order valence-corrected chi connectivity index (χ3v) is 7.46. The van der Waals surface area contributed by atoms with Crippen LogP contribution in [0.3, 0.4) is 0 Å². The van der Waals surface area contributed by atoms with Gasteiger partial charge in [0.15, 0.2) is 30.2 Å². The van der Waals surface area contributed by atoms with Gasteiger partial charge in [-0.05, 0) is 0 Å². The van der Waals surface area contributed by atoms with Gasteiger partial charge in [0.1, 0.15) is 6.54 Å². The lowest BCUT2D eigenvalue weighted by molar-refractivity contribution is -0.815. The molecule has 21 heteroatoms. The largest absolute Gasteiger partial charge is 0.692 e. The van der Waals surface area contributed by atoms with Crippen molar-refractivity contribution in [2.75, 3.05) is 26.5 Å². The number of ether oxygens (including phenoxy) is 1. The molecule has 11 N–H and O–H groups in total. The van der Waals surface area contributed by atoms with E-state index in [4.69, 9.17) is 35.3 Å². The SMILES string of the molecule is NC1=[N+](COC(=O)NO)[C@H]2[C@H]3NC(N)=[N+]4C[C@](OO[O-])(C[C@H]5[C@@H](CO)CON5C3=O)C(O)(O)C24N1.O=S. The smallest absolute Gasteiger partial charge is 0.433 e. The maximum Gasteiger partial charge on any atom is 0.433 e. The lowest BCUT2D eigenvalue weighted by Crippen LogP contribution is -2.81. The highest BCUT2D eigenvalue weighted by Gasteiger charge is 2.86. The van der Waals surface area contributed by atoms with Gasteiger partial charge in [-0.25, -0.2) is 34.7 Å². The van der Waals surface area contributed by atoms with Gasteiger partial charge in [0.2, 0.25) is 6.73 Å². The standard InChI is InChI=1S/C16H24N8O11.OS/c17-11-19-8-9-15(20-12(18)22(9)5-32-13(27)21-30)16(28,29)14(34-35-31,4-23(11)15)1-7-6(2-25)3-33-24(7)10(8)26;1-2/h6-9,25,28-29H,1-5H2,(H7,17,18,19,20,21,27,30,31);/p+1/t6-,7-,8+,9-,14+,15?;/m0./s1. The molecule has 5 aliphatic heterocycles. The zero-order chi connectivity index (χ0) is 27.3. The molecule has 3 saturated heterocycles. The lowest BCUT2D eigenvalue weighted by Gasteiger charge is -2.43. The summed E-state index contributed by atoms with van der Waals surface area (Å²) in [6.45, 7) is -1.63. The molecular weight excluding hydrogens is 528 g/mol. The predicted octanol–water partition coefficient (Wildman–Crippen LogP) is -8.17. The number of hydrogen-bond donors (Lipinski definition) is 9. The number of nitrogens with zero attached hydrogens (tertiary/aromatic N) is 3. The molecule has 5 aliphatic rings. The van der Waals surface area contributed by atoms with E-state index in [0.29, 0.717) is 0 Å². The number of aliphatic hydroxyl groups is 3. The van der Waals surface area contributed by atoms with E-state index in [1.807, 2.05) is 0 Å². The fourth-order valence-corrected chi connectivity index (χ4v) is 5.87. The van der Waals surface area contributed by atoms with Crippen molar-refractivity contribution in [1.82, 2.24) is 21.2 Å². The van der Waals surface area contributed by atoms with Crippen LogP contribution in [0.1, 0.15) is 6.42 Å². The number of rotatable bonds is 5. The van der Waals surface area contributed by atoms with Crippen LogP contribution >= 0.6 is 0 Å². The van der Waals surface area contributed by atoms with Gasteiger partial charge >= 0.3 is 23.7 Å². The van der Waals surface area contributed by atoms with Crippen LogP contribution in [0.4, 0.5) is 4.79 Å². The van der Waals surface area contributed by atoms with Crippen molar-refractivity contribution >= 4 is 36.5 Å². The molecule has 206 valence electrons. The number of aliphatic hydroxyl groups excluding tert-OH is 1. The quantitative estimate of drug-likeness (QED) is 0.0502. The molecule has 6 atom stereocenters. The molecule has 0 aliphatic carbocycles. The summed E-state index contributed by atoms with van der Waals surface area (Å²) in [4.78, 5) is 35.8. The highest BCUT2D eigenvalue weighted by Crippen LogP contribution is 2.52. The van der Waals surface area contributed by atoms with Crippen molar-refractivity contribution in [1.29, 1.82) is 0 Å². The van der Waals surface area contributed by atoms with E-state index in [9.17, 15) is 30.2 Å². The number of hydroxylamine groups is 3. The van der Waals surface area contributed by atoms with E-state index >= 15 is 0 Å². The van der Waals surface area contributed by atoms with Gasteiger partial charge in [-0.3, -0.25) is 36.7 Å². The van der Waals surface area contributed by atoms with Crippen molar-refractivity contribution in [2.24, 2.45) is 17.4 Å². The summed E-state index contributed by atoms with van der Waals surface area (Å²) in [7, 11) is 0. The highest BCUT2D eigenvalue weighted by atomic mass is 32.1.